The van der Waals surface area contributed by atoms with Gasteiger partial charge in [0.05, 0.1) is 6.10 Å². The summed E-state index contributed by atoms with van der Waals surface area (Å²) in [6.45, 7) is 2.49. The van der Waals surface area contributed by atoms with E-state index in [4.69, 9.17) is 9.84 Å². The molecule has 0 saturated carbocycles. The van der Waals surface area contributed by atoms with Crippen LogP contribution < -0.4 is 0 Å². The van der Waals surface area contributed by atoms with Gasteiger partial charge in [-0.05, 0) is 19.3 Å². The summed E-state index contributed by atoms with van der Waals surface area (Å²) in [5.74, 6) is 0. The molecular formula is C10H22O2. The molecule has 0 aliphatic heterocycles. The van der Waals surface area contributed by atoms with E-state index in [1.165, 1.54) is 19.3 Å². The van der Waals surface area contributed by atoms with Crippen molar-refractivity contribution in [3.8, 4) is 0 Å². The van der Waals surface area contributed by atoms with Gasteiger partial charge in [-0.25, -0.2) is 0 Å². The molecule has 0 heterocycles. The van der Waals surface area contributed by atoms with Crippen LogP contribution in [0, 0.1) is 0 Å². The molecule has 0 saturated heterocycles. The summed E-state index contributed by atoms with van der Waals surface area (Å²) in [5, 5.41) is 8.54. The molecule has 12 heavy (non-hydrogen) atoms. The van der Waals surface area contributed by atoms with E-state index in [0.29, 0.717) is 12.7 Å². The van der Waals surface area contributed by atoms with Gasteiger partial charge in [0.1, 0.15) is 0 Å². The fourth-order valence-corrected chi connectivity index (χ4v) is 1.33. The van der Waals surface area contributed by atoms with E-state index < -0.39 is 0 Å². The Morgan fingerprint density at radius 1 is 1.17 bits per heavy atom. The van der Waals surface area contributed by atoms with Gasteiger partial charge in [-0.2, -0.15) is 0 Å². The lowest BCUT2D eigenvalue weighted by Crippen LogP contribution is -2.08. The van der Waals surface area contributed by atoms with Crippen LogP contribution in [-0.4, -0.2) is 24.9 Å². The maximum absolute atomic E-state index is 8.54. The summed E-state index contributed by atoms with van der Waals surface area (Å²) < 4.78 is 5.26. The van der Waals surface area contributed by atoms with Crippen LogP contribution >= 0.6 is 0 Å². The van der Waals surface area contributed by atoms with Gasteiger partial charge in [0.2, 0.25) is 0 Å². The number of unbranched alkanes of at least 4 members (excludes halogenated alkanes) is 3. The second kappa shape index (κ2) is 9.01. The molecule has 0 amide bonds. The zero-order chi connectivity index (χ0) is 9.23. The van der Waals surface area contributed by atoms with Gasteiger partial charge in [-0.3, -0.25) is 0 Å². The lowest BCUT2D eigenvalue weighted by molar-refractivity contribution is 0.0896. The van der Waals surface area contributed by atoms with Crippen LogP contribution in [0.2, 0.25) is 0 Å². The highest BCUT2D eigenvalue weighted by Gasteiger charge is 2.02. The highest BCUT2D eigenvalue weighted by atomic mass is 16.5. The molecule has 2 heteroatoms. The van der Waals surface area contributed by atoms with E-state index in [1.807, 2.05) is 0 Å². The van der Waals surface area contributed by atoms with Crippen molar-refractivity contribution in [2.24, 2.45) is 0 Å². The second-order valence-electron chi connectivity index (χ2n) is 3.19. The molecule has 0 fully saturated rings. The summed E-state index contributed by atoms with van der Waals surface area (Å²) in [6, 6.07) is 0. The maximum Gasteiger partial charge on any atom is 0.0568 e. The smallest absolute Gasteiger partial charge is 0.0568 e. The zero-order valence-corrected chi connectivity index (χ0v) is 8.38. The zero-order valence-electron chi connectivity index (χ0n) is 8.38. The van der Waals surface area contributed by atoms with Gasteiger partial charge in [-0.15, -0.1) is 0 Å². The first-order chi connectivity index (χ1) is 5.85. The van der Waals surface area contributed by atoms with Crippen LogP contribution in [0.15, 0.2) is 0 Å². The second-order valence-corrected chi connectivity index (χ2v) is 3.19. The largest absolute Gasteiger partial charge is 0.396 e. The molecule has 0 aromatic carbocycles. The Bertz CT molecular complexity index is 79.9. The first kappa shape index (κ1) is 11.9. The summed E-state index contributed by atoms with van der Waals surface area (Å²) in [7, 11) is 1.78. The molecule has 1 atom stereocenters. The minimum Gasteiger partial charge on any atom is -0.396 e. The summed E-state index contributed by atoms with van der Waals surface area (Å²) in [6.07, 6.45) is 7.27. The van der Waals surface area contributed by atoms with Crippen molar-refractivity contribution in [1.29, 1.82) is 0 Å². The van der Waals surface area contributed by atoms with Crippen molar-refractivity contribution in [2.45, 2.75) is 51.6 Å². The summed E-state index contributed by atoms with van der Waals surface area (Å²) in [5.41, 5.74) is 0. The van der Waals surface area contributed by atoms with Crippen LogP contribution in [0.1, 0.15) is 45.4 Å². The highest BCUT2D eigenvalue weighted by molar-refractivity contribution is 4.54. The van der Waals surface area contributed by atoms with Crippen LogP contribution in [0.4, 0.5) is 0 Å². The van der Waals surface area contributed by atoms with Crippen LogP contribution in [0.5, 0.6) is 0 Å². The summed E-state index contributed by atoms with van der Waals surface area (Å²) in [4.78, 5) is 0. The van der Waals surface area contributed by atoms with E-state index in [2.05, 4.69) is 6.92 Å². The predicted octanol–water partition coefficient (Wildman–Crippen LogP) is 2.35. The monoisotopic (exact) mass is 174 g/mol. The first-order valence-corrected chi connectivity index (χ1v) is 4.98. The molecule has 0 aliphatic carbocycles. The van der Waals surface area contributed by atoms with E-state index in [9.17, 15) is 0 Å². The number of methoxy groups -OCH3 is 1. The van der Waals surface area contributed by atoms with Gasteiger partial charge in [0, 0.05) is 13.7 Å². The van der Waals surface area contributed by atoms with Gasteiger partial charge in [-0.1, -0.05) is 26.2 Å². The average Bonchev–Trinajstić information content (AvgIpc) is 2.11. The minimum absolute atomic E-state index is 0.335. The Labute approximate surface area is 75.9 Å². The molecule has 1 unspecified atom stereocenters. The third-order valence-corrected chi connectivity index (χ3v) is 2.22. The number of ether oxygens (including phenoxy) is 1. The Balaban J connectivity index is 3.06. The van der Waals surface area contributed by atoms with Crippen molar-refractivity contribution in [1.82, 2.24) is 0 Å². The van der Waals surface area contributed by atoms with Crippen LogP contribution in [0.25, 0.3) is 0 Å². The third kappa shape index (κ3) is 6.62. The molecule has 2 nitrogen and oxygen atoms in total. The van der Waals surface area contributed by atoms with E-state index in [0.717, 1.165) is 19.3 Å². The molecule has 0 aromatic heterocycles. The standard InChI is InChI=1S/C10H22O2/c1-3-10(12-2)8-6-4-5-7-9-11/h10-11H,3-9H2,1-2H3. The molecule has 74 valence electrons. The van der Waals surface area contributed by atoms with Crippen molar-refractivity contribution in [3.05, 3.63) is 0 Å². The minimum atomic E-state index is 0.335. The highest BCUT2D eigenvalue weighted by Crippen LogP contribution is 2.09. The lowest BCUT2D eigenvalue weighted by Gasteiger charge is -2.11. The third-order valence-electron chi connectivity index (χ3n) is 2.22. The van der Waals surface area contributed by atoms with Gasteiger partial charge >= 0.3 is 0 Å². The SMILES string of the molecule is CCC(CCCCCCO)OC. The fraction of sp³-hybridized carbons (Fsp3) is 1.00. The number of rotatable bonds is 8. The summed E-state index contributed by atoms with van der Waals surface area (Å²) >= 11 is 0. The molecule has 0 spiro atoms. The fourth-order valence-electron chi connectivity index (χ4n) is 1.33. The van der Waals surface area contributed by atoms with Gasteiger partial charge in [0.25, 0.3) is 0 Å². The van der Waals surface area contributed by atoms with E-state index in [1.54, 1.807) is 7.11 Å². The van der Waals surface area contributed by atoms with Crippen LogP contribution in [-0.2, 0) is 4.74 Å². The van der Waals surface area contributed by atoms with Crippen molar-refractivity contribution < 1.29 is 9.84 Å². The number of hydrogen-bond acceptors (Lipinski definition) is 2. The maximum atomic E-state index is 8.54. The molecule has 0 aromatic rings. The molecular weight excluding hydrogens is 152 g/mol. The Kier molecular flexibility index (Phi) is 8.95. The Morgan fingerprint density at radius 3 is 2.33 bits per heavy atom. The molecule has 0 radical (unpaired) electrons. The van der Waals surface area contributed by atoms with Gasteiger partial charge < -0.3 is 9.84 Å². The van der Waals surface area contributed by atoms with E-state index in [-0.39, 0.29) is 0 Å². The first-order valence-electron chi connectivity index (χ1n) is 4.98. The van der Waals surface area contributed by atoms with Crippen molar-refractivity contribution in [2.75, 3.05) is 13.7 Å². The lowest BCUT2D eigenvalue weighted by atomic mass is 10.1. The van der Waals surface area contributed by atoms with Crippen LogP contribution in [0.3, 0.4) is 0 Å². The average molecular weight is 174 g/mol. The van der Waals surface area contributed by atoms with E-state index >= 15 is 0 Å². The Hall–Kier alpha value is -0.0800. The van der Waals surface area contributed by atoms with Crippen molar-refractivity contribution in [3.63, 3.8) is 0 Å². The molecule has 0 aliphatic rings. The molecule has 1 N–H and O–H groups in total. The molecule has 0 rings (SSSR count). The van der Waals surface area contributed by atoms with Gasteiger partial charge in [0.15, 0.2) is 0 Å². The number of hydrogen-bond donors (Lipinski definition) is 1. The molecule has 0 bridgehead atoms. The Morgan fingerprint density at radius 2 is 1.83 bits per heavy atom. The normalized spacial score (nSPS) is 13.2. The number of aliphatic hydroxyl groups excluding tert-OH is 1. The number of aliphatic hydroxyl groups is 1. The quantitative estimate of drug-likeness (QED) is 0.572. The topological polar surface area (TPSA) is 29.5 Å². The van der Waals surface area contributed by atoms with Crippen molar-refractivity contribution >= 4 is 0 Å². The predicted molar refractivity (Wildman–Crippen MR) is 51.3 cm³/mol.